The fourth-order valence-electron chi connectivity index (χ4n) is 2.81. The molecule has 1 aromatic heterocycles. The molecule has 0 radical (unpaired) electrons. The summed E-state index contributed by atoms with van der Waals surface area (Å²) in [7, 11) is 1.60. The minimum Gasteiger partial charge on any atom is -0.497 e. The van der Waals surface area contributed by atoms with Gasteiger partial charge in [0.1, 0.15) is 17.6 Å². The van der Waals surface area contributed by atoms with Crippen LogP contribution in [0.2, 0.25) is 0 Å². The molecule has 2 aromatic rings. The maximum Gasteiger partial charge on any atom is 0.244 e. The lowest BCUT2D eigenvalue weighted by Crippen LogP contribution is -2.44. The molecule has 2 N–H and O–H groups in total. The molecule has 1 unspecified atom stereocenters. The van der Waals surface area contributed by atoms with E-state index in [1.807, 2.05) is 36.4 Å². The first-order chi connectivity index (χ1) is 14.5. The van der Waals surface area contributed by atoms with Crippen LogP contribution >= 0.6 is 0 Å². The zero-order valence-electron chi connectivity index (χ0n) is 18.0. The van der Waals surface area contributed by atoms with Crippen LogP contribution in [0.15, 0.2) is 48.7 Å². The lowest BCUT2D eigenvalue weighted by molar-refractivity contribution is -0.126. The molecule has 0 aliphatic heterocycles. The van der Waals surface area contributed by atoms with Gasteiger partial charge in [-0.3, -0.25) is 9.59 Å². The molecule has 2 amide bonds. The Bertz CT molecular complexity index is 844. The van der Waals surface area contributed by atoms with Crippen LogP contribution in [0.4, 0.5) is 5.82 Å². The van der Waals surface area contributed by atoms with Crippen molar-refractivity contribution in [1.82, 2.24) is 15.6 Å². The number of pyridine rings is 1. The van der Waals surface area contributed by atoms with Crippen LogP contribution in [-0.4, -0.2) is 43.0 Å². The molecule has 160 valence electrons. The highest BCUT2D eigenvalue weighted by Gasteiger charge is 2.14. The number of amides is 2. The molecule has 1 aromatic carbocycles. The molecule has 0 aliphatic rings. The number of carbonyl (C=O) groups excluding carboxylic acids is 2. The van der Waals surface area contributed by atoms with Crippen LogP contribution in [0, 0.1) is 0 Å². The third-order valence-corrected chi connectivity index (χ3v) is 4.66. The first kappa shape index (κ1) is 22.9. The van der Waals surface area contributed by atoms with Crippen LogP contribution in [0.5, 0.6) is 5.75 Å². The standard InChI is InChI=1S/C23H30N4O3/c1-5-27(6-2)21-13-9-19(15-24-21)16-25-23(29)17(3)26-22(28)14-10-18-7-11-20(30-4)12-8-18/h7-15,17H,5-6,16H2,1-4H3,(H,25,29)(H,26,28). The van der Waals surface area contributed by atoms with Gasteiger partial charge in [-0.15, -0.1) is 0 Å². The summed E-state index contributed by atoms with van der Waals surface area (Å²) < 4.78 is 5.10. The van der Waals surface area contributed by atoms with Crippen molar-refractivity contribution in [2.45, 2.75) is 33.4 Å². The summed E-state index contributed by atoms with van der Waals surface area (Å²) in [5, 5.41) is 5.49. The molecular weight excluding hydrogens is 380 g/mol. The van der Waals surface area contributed by atoms with Crippen molar-refractivity contribution in [3.63, 3.8) is 0 Å². The van der Waals surface area contributed by atoms with Crippen molar-refractivity contribution in [2.24, 2.45) is 0 Å². The third-order valence-electron chi connectivity index (χ3n) is 4.66. The van der Waals surface area contributed by atoms with Crippen molar-refractivity contribution in [2.75, 3.05) is 25.1 Å². The van der Waals surface area contributed by atoms with E-state index in [1.54, 1.807) is 26.3 Å². The minimum atomic E-state index is -0.652. The van der Waals surface area contributed by atoms with Gasteiger partial charge < -0.3 is 20.3 Å². The maximum atomic E-state index is 12.3. The van der Waals surface area contributed by atoms with E-state index in [1.165, 1.54) is 6.08 Å². The highest BCUT2D eigenvalue weighted by molar-refractivity contribution is 5.95. The van der Waals surface area contributed by atoms with Gasteiger partial charge in [0.25, 0.3) is 0 Å². The topological polar surface area (TPSA) is 83.6 Å². The average Bonchev–Trinajstić information content (AvgIpc) is 2.78. The summed E-state index contributed by atoms with van der Waals surface area (Å²) in [4.78, 5) is 30.9. The molecule has 1 atom stereocenters. The van der Waals surface area contributed by atoms with E-state index in [4.69, 9.17) is 4.74 Å². The zero-order valence-corrected chi connectivity index (χ0v) is 18.0. The Morgan fingerprint density at radius 3 is 2.40 bits per heavy atom. The normalized spacial score (nSPS) is 11.7. The predicted molar refractivity (Wildman–Crippen MR) is 119 cm³/mol. The number of nitrogens with one attached hydrogen (secondary N) is 2. The fourth-order valence-corrected chi connectivity index (χ4v) is 2.81. The van der Waals surface area contributed by atoms with Gasteiger partial charge in [0, 0.05) is 31.9 Å². The van der Waals surface area contributed by atoms with E-state index in [-0.39, 0.29) is 11.8 Å². The number of rotatable bonds is 10. The summed E-state index contributed by atoms with van der Waals surface area (Å²) in [6.45, 7) is 7.96. The van der Waals surface area contributed by atoms with Crippen LogP contribution < -0.4 is 20.3 Å². The quantitative estimate of drug-likeness (QED) is 0.589. The fraction of sp³-hybridized carbons (Fsp3) is 0.348. The van der Waals surface area contributed by atoms with Crippen molar-refractivity contribution < 1.29 is 14.3 Å². The Kier molecular flexibility index (Phi) is 8.87. The lowest BCUT2D eigenvalue weighted by atomic mass is 10.2. The number of benzene rings is 1. The Labute approximate surface area is 178 Å². The van der Waals surface area contributed by atoms with E-state index in [0.717, 1.165) is 35.8 Å². The van der Waals surface area contributed by atoms with E-state index in [0.29, 0.717) is 6.54 Å². The highest BCUT2D eigenvalue weighted by atomic mass is 16.5. The van der Waals surface area contributed by atoms with Crippen molar-refractivity contribution in [3.05, 3.63) is 59.8 Å². The van der Waals surface area contributed by atoms with E-state index >= 15 is 0 Å². The predicted octanol–water partition coefficient (Wildman–Crippen LogP) is 2.77. The summed E-state index contributed by atoms with van der Waals surface area (Å²) in [6.07, 6.45) is 4.85. The van der Waals surface area contributed by atoms with E-state index < -0.39 is 6.04 Å². The summed E-state index contributed by atoms with van der Waals surface area (Å²) in [6, 6.07) is 10.6. The number of hydrogen-bond donors (Lipinski definition) is 2. The number of anilines is 1. The first-order valence-corrected chi connectivity index (χ1v) is 10.1. The van der Waals surface area contributed by atoms with E-state index in [9.17, 15) is 9.59 Å². The molecule has 7 heteroatoms. The molecule has 1 heterocycles. The largest absolute Gasteiger partial charge is 0.497 e. The molecular formula is C23H30N4O3. The van der Waals surface area contributed by atoms with Gasteiger partial charge in [0.15, 0.2) is 0 Å². The molecule has 0 saturated heterocycles. The van der Waals surface area contributed by atoms with Crippen LogP contribution in [0.3, 0.4) is 0 Å². The summed E-state index contributed by atoms with van der Waals surface area (Å²) in [5.74, 6) is 1.08. The smallest absolute Gasteiger partial charge is 0.244 e. The zero-order chi connectivity index (χ0) is 21.9. The van der Waals surface area contributed by atoms with Gasteiger partial charge in [-0.1, -0.05) is 18.2 Å². The summed E-state index contributed by atoms with van der Waals surface area (Å²) >= 11 is 0. The lowest BCUT2D eigenvalue weighted by Gasteiger charge is -2.19. The van der Waals surface area contributed by atoms with Gasteiger partial charge >= 0.3 is 0 Å². The number of methoxy groups -OCH3 is 1. The SMILES string of the molecule is CCN(CC)c1ccc(CNC(=O)C(C)NC(=O)C=Cc2ccc(OC)cc2)cn1. The molecule has 0 spiro atoms. The number of hydrogen-bond acceptors (Lipinski definition) is 5. The first-order valence-electron chi connectivity index (χ1n) is 10.1. The molecule has 0 aliphatic carbocycles. The second-order valence-electron chi connectivity index (χ2n) is 6.75. The second-order valence-corrected chi connectivity index (χ2v) is 6.75. The van der Waals surface area contributed by atoms with Crippen LogP contribution in [0.1, 0.15) is 31.9 Å². The minimum absolute atomic E-state index is 0.256. The summed E-state index contributed by atoms with van der Waals surface area (Å²) in [5.41, 5.74) is 1.76. The molecule has 0 saturated carbocycles. The van der Waals surface area contributed by atoms with Gasteiger partial charge in [-0.25, -0.2) is 4.98 Å². The monoisotopic (exact) mass is 410 g/mol. The van der Waals surface area contributed by atoms with Crippen molar-refractivity contribution in [1.29, 1.82) is 0 Å². The maximum absolute atomic E-state index is 12.3. The van der Waals surface area contributed by atoms with E-state index in [2.05, 4.69) is 34.4 Å². The third kappa shape index (κ3) is 6.92. The van der Waals surface area contributed by atoms with Crippen LogP contribution in [-0.2, 0) is 16.1 Å². The number of carbonyl (C=O) groups is 2. The number of ether oxygens (including phenoxy) is 1. The Morgan fingerprint density at radius 1 is 1.13 bits per heavy atom. The highest BCUT2D eigenvalue weighted by Crippen LogP contribution is 2.12. The second kappa shape index (κ2) is 11.6. The van der Waals surface area contributed by atoms with Gasteiger partial charge in [0.2, 0.25) is 11.8 Å². The number of nitrogens with zero attached hydrogens (tertiary/aromatic N) is 2. The molecule has 0 bridgehead atoms. The van der Waals surface area contributed by atoms with Crippen molar-refractivity contribution in [3.8, 4) is 5.75 Å². The van der Waals surface area contributed by atoms with Gasteiger partial charge in [0.05, 0.1) is 7.11 Å². The Balaban J connectivity index is 1.80. The Hall–Kier alpha value is -3.35. The average molecular weight is 411 g/mol. The van der Waals surface area contributed by atoms with Crippen molar-refractivity contribution >= 4 is 23.7 Å². The molecule has 7 nitrogen and oxygen atoms in total. The number of aromatic nitrogens is 1. The van der Waals surface area contributed by atoms with Gasteiger partial charge in [-0.2, -0.15) is 0 Å². The molecule has 30 heavy (non-hydrogen) atoms. The molecule has 0 fully saturated rings. The van der Waals surface area contributed by atoms with Crippen LogP contribution in [0.25, 0.3) is 6.08 Å². The van der Waals surface area contributed by atoms with Gasteiger partial charge in [-0.05, 0) is 56.2 Å². The Morgan fingerprint density at radius 2 is 1.83 bits per heavy atom. The molecule has 2 rings (SSSR count).